The Labute approximate surface area is 168 Å². The van der Waals surface area contributed by atoms with Crippen molar-refractivity contribution in [3.05, 3.63) is 34.2 Å². The Bertz CT molecular complexity index is 925. The summed E-state index contributed by atoms with van der Waals surface area (Å²) in [6.45, 7) is 4.61. The van der Waals surface area contributed by atoms with Crippen LogP contribution in [0, 0.1) is 0 Å². The lowest BCUT2D eigenvalue weighted by Gasteiger charge is -2.25. The van der Waals surface area contributed by atoms with Gasteiger partial charge in [-0.2, -0.15) is 0 Å². The largest absolute Gasteiger partial charge is 0.490 e. The predicted molar refractivity (Wildman–Crippen MR) is 106 cm³/mol. The van der Waals surface area contributed by atoms with Gasteiger partial charge in [0.1, 0.15) is 11.2 Å². The van der Waals surface area contributed by atoms with Crippen molar-refractivity contribution in [2.75, 3.05) is 19.8 Å². The average Bonchev–Trinajstić information content (AvgIpc) is 2.73. The van der Waals surface area contributed by atoms with Crippen LogP contribution in [0.1, 0.15) is 49.5 Å². The van der Waals surface area contributed by atoms with E-state index in [-0.39, 0.29) is 42.0 Å². The standard InChI is InChI=1S/C19H25BN2O7/c1-3-27-19(24)15-10-22(12(2)11-29-16-6-4-5-7-28-16)18-14(17(15)23)8-13(9-21-18)20(25)26/h8-10,12,16,25-26H,3-7,11H2,1-2H3. The summed E-state index contributed by atoms with van der Waals surface area (Å²) in [7, 11) is -1.78. The molecule has 0 spiro atoms. The Morgan fingerprint density at radius 1 is 1.45 bits per heavy atom. The maximum absolute atomic E-state index is 12.8. The fraction of sp³-hybridized carbons (Fsp3) is 0.526. The van der Waals surface area contributed by atoms with Crippen LogP contribution >= 0.6 is 0 Å². The maximum Gasteiger partial charge on any atom is 0.490 e. The molecule has 1 aliphatic heterocycles. The number of carbonyl (C=O) groups excluding carboxylic acids is 1. The van der Waals surface area contributed by atoms with Gasteiger partial charge < -0.3 is 28.8 Å². The van der Waals surface area contributed by atoms with E-state index in [1.807, 2.05) is 6.92 Å². The van der Waals surface area contributed by atoms with Gasteiger partial charge in [0.2, 0.25) is 5.43 Å². The number of hydrogen-bond acceptors (Lipinski definition) is 8. The van der Waals surface area contributed by atoms with Gasteiger partial charge in [-0.15, -0.1) is 0 Å². The number of aromatic nitrogens is 2. The summed E-state index contributed by atoms with van der Waals surface area (Å²) in [5.41, 5.74) is -0.352. The van der Waals surface area contributed by atoms with E-state index in [1.165, 1.54) is 18.5 Å². The van der Waals surface area contributed by atoms with E-state index in [4.69, 9.17) is 14.2 Å². The summed E-state index contributed by atoms with van der Waals surface area (Å²) in [6, 6.07) is 1.06. The van der Waals surface area contributed by atoms with Crippen LogP contribution in [0.15, 0.2) is 23.3 Å². The molecule has 0 bridgehead atoms. The van der Waals surface area contributed by atoms with E-state index in [9.17, 15) is 19.6 Å². The van der Waals surface area contributed by atoms with Gasteiger partial charge in [-0.3, -0.25) is 4.79 Å². The van der Waals surface area contributed by atoms with Gasteiger partial charge in [0.15, 0.2) is 6.29 Å². The molecular formula is C19H25BN2O7. The molecule has 0 amide bonds. The summed E-state index contributed by atoms with van der Waals surface area (Å²) >= 11 is 0. The molecule has 2 aromatic rings. The first kappa shape index (κ1) is 21.4. The molecular weight excluding hydrogens is 379 g/mol. The molecule has 0 aliphatic carbocycles. The lowest BCUT2D eigenvalue weighted by atomic mass is 9.81. The fourth-order valence-electron chi connectivity index (χ4n) is 3.25. The topological polar surface area (TPSA) is 120 Å². The maximum atomic E-state index is 12.8. The molecule has 0 saturated carbocycles. The third kappa shape index (κ3) is 4.84. The summed E-state index contributed by atoms with van der Waals surface area (Å²) < 4.78 is 18.1. The summed E-state index contributed by atoms with van der Waals surface area (Å²) in [5, 5.41) is 18.9. The van der Waals surface area contributed by atoms with Crippen molar-refractivity contribution in [1.82, 2.24) is 9.55 Å². The molecule has 2 unspecified atom stereocenters. The number of pyridine rings is 2. The lowest BCUT2D eigenvalue weighted by molar-refractivity contribution is -0.166. The lowest BCUT2D eigenvalue weighted by Crippen LogP contribution is -2.32. The molecule has 2 N–H and O–H groups in total. The van der Waals surface area contributed by atoms with Crippen LogP contribution in [0.3, 0.4) is 0 Å². The van der Waals surface area contributed by atoms with Crippen LogP contribution < -0.4 is 10.9 Å². The average molecular weight is 404 g/mol. The van der Waals surface area contributed by atoms with Crippen LogP contribution in [0.4, 0.5) is 0 Å². The number of nitrogens with zero attached hydrogens (tertiary/aromatic N) is 2. The SMILES string of the molecule is CCOC(=O)c1cn(C(C)COC2CCCCO2)c2ncc(B(O)O)cc2c1=O. The Balaban J connectivity index is 2.00. The van der Waals surface area contributed by atoms with E-state index in [0.717, 1.165) is 19.3 Å². The highest BCUT2D eigenvalue weighted by atomic mass is 16.7. The molecule has 1 fully saturated rings. The van der Waals surface area contributed by atoms with E-state index in [1.54, 1.807) is 11.5 Å². The second-order valence-electron chi connectivity index (χ2n) is 6.99. The zero-order valence-corrected chi connectivity index (χ0v) is 16.5. The van der Waals surface area contributed by atoms with Crippen molar-refractivity contribution in [2.45, 2.75) is 45.4 Å². The Morgan fingerprint density at radius 2 is 2.24 bits per heavy atom. The molecule has 2 atom stereocenters. The molecule has 1 saturated heterocycles. The van der Waals surface area contributed by atoms with Crippen molar-refractivity contribution < 1.29 is 29.1 Å². The summed E-state index contributed by atoms with van der Waals surface area (Å²) in [5.74, 6) is -0.744. The van der Waals surface area contributed by atoms with Crippen LogP contribution in [-0.4, -0.2) is 58.8 Å². The molecule has 2 aromatic heterocycles. The fourth-order valence-corrected chi connectivity index (χ4v) is 3.25. The van der Waals surface area contributed by atoms with Crippen LogP contribution in [0.2, 0.25) is 0 Å². The van der Waals surface area contributed by atoms with Crippen molar-refractivity contribution >= 4 is 29.6 Å². The zero-order chi connectivity index (χ0) is 21.0. The third-order valence-electron chi connectivity index (χ3n) is 4.82. The quantitative estimate of drug-likeness (QED) is 0.501. The summed E-state index contributed by atoms with van der Waals surface area (Å²) in [6.07, 6.45) is 5.31. The molecule has 3 heterocycles. The summed E-state index contributed by atoms with van der Waals surface area (Å²) in [4.78, 5) is 29.4. The molecule has 9 nitrogen and oxygen atoms in total. The van der Waals surface area contributed by atoms with Gasteiger partial charge in [0.25, 0.3) is 0 Å². The molecule has 10 heteroatoms. The van der Waals surface area contributed by atoms with Gasteiger partial charge in [0.05, 0.1) is 24.6 Å². The van der Waals surface area contributed by atoms with Gasteiger partial charge >= 0.3 is 13.1 Å². The van der Waals surface area contributed by atoms with Crippen molar-refractivity contribution in [1.29, 1.82) is 0 Å². The highest BCUT2D eigenvalue weighted by molar-refractivity contribution is 6.58. The van der Waals surface area contributed by atoms with E-state index in [2.05, 4.69) is 4.98 Å². The van der Waals surface area contributed by atoms with Gasteiger partial charge in [-0.05, 0) is 39.2 Å². The Kier molecular flexibility index (Phi) is 7.02. The number of esters is 1. The van der Waals surface area contributed by atoms with Gasteiger partial charge in [-0.1, -0.05) is 0 Å². The first-order valence-corrected chi connectivity index (χ1v) is 9.73. The number of carbonyl (C=O) groups is 1. The van der Waals surface area contributed by atoms with E-state index in [0.29, 0.717) is 12.3 Å². The second kappa shape index (κ2) is 9.49. The second-order valence-corrected chi connectivity index (χ2v) is 6.99. The van der Waals surface area contributed by atoms with Crippen molar-refractivity contribution in [3.63, 3.8) is 0 Å². The number of rotatable bonds is 7. The minimum Gasteiger partial charge on any atom is -0.462 e. The number of hydrogen-bond donors (Lipinski definition) is 2. The van der Waals surface area contributed by atoms with Gasteiger partial charge in [0, 0.05) is 24.5 Å². The minimum absolute atomic E-state index is 0.0571. The van der Waals surface area contributed by atoms with E-state index >= 15 is 0 Å². The smallest absolute Gasteiger partial charge is 0.462 e. The van der Waals surface area contributed by atoms with Crippen LogP contribution in [0.25, 0.3) is 11.0 Å². The predicted octanol–water partition coefficient (Wildman–Crippen LogP) is 0.357. The molecule has 29 heavy (non-hydrogen) atoms. The zero-order valence-electron chi connectivity index (χ0n) is 16.5. The molecule has 0 radical (unpaired) electrons. The highest BCUT2D eigenvalue weighted by Gasteiger charge is 2.23. The monoisotopic (exact) mass is 404 g/mol. The van der Waals surface area contributed by atoms with Crippen LogP contribution in [-0.2, 0) is 14.2 Å². The minimum atomic E-state index is -1.78. The highest BCUT2D eigenvalue weighted by Crippen LogP contribution is 2.19. The molecule has 0 aromatic carbocycles. The number of fused-ring (bicyclic) bond motifs is 1. The molecule has 1 aliphatic rings. The van der Waals surface area contributed by atoms with Crippen molar-refractivity contribution in [2.24, 2.45) is 0 Å². The van der Waals surface area contributed by atoms with Gasteiger partial charge in [-0.25, -0.2) is 9.78 Å². The Morgan fingerprint density at radius 3 is 2.90 bits per heavy atom. The first-order chi connectivity index (χ1) is 13.9. The third-order valence-corrected chi connectivity index (χ3v) is 4.82. The van der Waals surface area contributed by atoms with Crippen molar-refractivity contribution in [3.8, 4) is 0 Å². The van der Waals surface area contributed by atoms with Crippen LogP contribution in [0.5, 0.6) is 0 Å². The Hall–Kier alpha value is -2.27. The van der Waals surface area contributed by atoms with E-state index < -0.39 is 18.5 Å². The molecule has 3 rings (SSSR count). The first-order valence-electron chi connectivity index (χ1n) is 9.73. The normalized spacial score (nSPS) is 17.9. The molecule has 156 valence electrons. The number of ether oxygens (including phenoxy) is 3.